The summed E-state index contributed by atoms with van der Waals surface area (Å²) in [6, 6.07) is 11.3. The average Bonchev–Trinajstić information content (AvgIpc) is 2.33. The molecule has 2 aromatic rings. The highest BCUT2D eigenvalue weighted by molar-refractivity contribution is 14.1. The summed E-state index contributed by atoms with van der Waals surface area (Å²) in [6.45, 7) is 0. The molecule has 82 valence electrons. The molecule has 0 bridgehead atoms. The first kappa shape index (κ1) is 11.3. The molecule has 0 saturated carbocycles. The molecule has 3 nitrogen and oxygen atoms in total. The van der Waals surface area contributed by atoms with Gasteiger partial charge >= 0.3 is 0 Å². The molecule has 0 aliphatic rings. The highest BCUT2D eigenvalue weighted by atomic mass is 127. The Morgan fingerprint density at radius 2 is 2.00 bits per heavy atom. The Bertz CT molecular complexity index is 549. The van der Waals surface area contributed by atoms with Gasteiger partial charge in [-0.3, -0.25) is 9.36 Å². The van der Waals surface area contributed by atoms with Gasteiger partial charge in [0, 0.05) is 18.7 Å². The molecule has 0 unspecified atom stereocenters. The van der Waals surface area contributed by atoms with Crippen molar-refractivity contribution in [1.82, 2.24) is 9.55 Å². The molecule has 0 aliphatic heterocycles. The highest BCUT2D eigenvalue weighted by Crippen LogP contribution is 2.15. The molecular formula is C12H11IN2O. The number of halogens is 1. The Labute approximate surface area is 107 Å². The first-order chi connectivity index (χ1) is 7.72. The number of aromatic nitrogens is 2. The third kappa shape index (κ3) is 2.16. The van der Waals surface area contributed by atoms with Crippen LogP contribution in [0.2, 0.25) is 0 Å². The van der Waals surface area contributed by atoms with Crippen LogP contribution in [0, 0.1) is 0 Å². The predicted octanol–water partition coefficient (Wildman–Crippen LogP) is 2.38. The topological polar surface area (TPSA) is 34.9 Å². The first-order valence-corrected chi connectivity index (χ1v) is 6.43. The summed E-state index contributed by atoms with van der Waals surface area (Å²) in [5.41, 5.74) is 1.71. The summed E-state index contributed by atoms with van der Waals surface area (Å²) in [4.78, 5) is 16.2. The second-order valence-electron chi connectivity index (χ2n) is 3.45. The number of nitrogens with zero attached hydrogens (tertiary/aromatic N) is 2. The largest absolute Gasteiger partial charge is 0.299 e. The Balaban J connectivity index is 2.60. The minimum absolute atomic E-state index is 0.0134. The van der Waals surface area contributed by atoms with E-state index in [9.17, 15) is 4.79 Å². The minimum atomic E-state index is -0.0134. The van der Waals surface area contributed by atoms with Crippen LogP contribution in [-0.4, -0.2) is 9.55 Å². The molecule has 0 aliphatic carbocycles. The average molecular weight is 326 g/mol. The molecule has 1 aromatic heterocycles. The first-order valence-electron chi connectivity index (χ1n) is 4.90. The Morgan fingerprint density at radius 3 is 2.62 bits per heavy atom. The van der Waals surface area contributed by atoms with Gasteiger partial charge in [-0.2, -0.15) is 0 Å². The lowest BCUT2D eigenvalue weighted by molar-refractivity contribution is 0.775. The third-order valence-electron chi connectivity index (χ3n) is 2.42. The fourth-order valence-corrected chi connectivity index (χ4v) is 2.15. The van der Waals surface area contributed by atoms with E-state index in [1.807, 2.05) is 30.3 Å². The zero-order valence-corrected chi connectivity index (χ0v) is 11.0. The molecule has 1 heterocycles. The number of alkyl halides is 1. The Kier molecular flexibility index (Phi) is 3.38. The van der Waals surface area contributed by atoms with E-state index in [4.69, 9.17) is 0 Å². The van der Waals surface area contributed by atoms with Gasteiger partial charge in [-0.15, -0.1) is 0 Å². The third-order valence-corrected chi connectivity index (χ3v) is 3.10. The number of rotatable bonds is 2. The minimum Gasteiger partial charge on any atom is -0.299 e. The SMILES string of the molecule is Cn1c(CI)nc(-c2ccccc2)cc1=O. The Hall–Kier alpha value is -1.17. The smallest absolute Gasteiger partial charge is 0.253 e. The van der Waals surface area contributed by atoms with E-state index >= 15 is 0 Å². The molecule has 0 spiro atoms. The van der Waals surface area contributed by atoms with Crippen LogP contribution in [0.25, 0.3) is 11.3 Å². The number of hydrogen-bond acceptors (Lipinski definition) is 2. The summed E-state index contributed by atoms with van der Waals surface area (Å²) >= 11 is 2.21. The molecule has 16 heavy (non-hydrogen) atoms. The lowest BCUT2D eigenvalue weighted by Crippen LogP contribution is -2.20. The van der Waals surface area contributed by atoms with E-state index in [2.05, 4.69) is 27.6 Å². The molecule has 0 amide bonds. The van der Waals surface area contributed by atoms with Gasteiger partial charge in [0.15, 0.2) is 0 Å². The maximum atomic E-state index is 11.7. The molecule has 0 saturated heterocycles. The molecule has 0 radical (unpaired) electrons. The van der Waals surface area contributed by atoms with Crippen LogP contribution < -0.4 is 5.56 Å². The van der Waals surface area contributed by atoms with Gasteiger partial charge in [-0.1, -0.05) is 52.9 Å². The fourth-order valence-electron chi connectivity index (χ4n) is 1.46. The number of benzene rings is 1. The summed E-state index contributed by atoms with van der Waals surface area (Å²) in [5.74, 6) is 0.798. The van der Waals surface area contributed by atoms with E-state index < -0.39 is 0 Å². The van der Waals surface area contributed by atoms with E-state index in [1.165, 1.54) is 0 Å². The molecule has 0 atom stereocenters. The van der Waals surface area contributed by atoms with E-state index in [0.29, 0.717) is 0 Å². The van der Waals surface area contributed by atoms with Crippen LogP contribution in [0.3, 0.4) is 0 Å². The second kappa shape index (κ2) is 4.78. The molecule has 2 rings (SSSR count). The summed E-state index contributed by atoms with van der Waals surface area (Å²) in [7, 11) is 1.75. The maximum Gasteiger partial charge on any atom is 0.253 e. The van der Waals surface area contributed by atoms with Gasteiger partial charge in [0.1, 0.15) is 5.82 Å². The van der Waals surface area contributed by atoms with E-state index in [1.54, 1.807) is 17.7 Å². The fraction of sp³-hybridized carbons (Fsp3) is 0.167. The van der Waals surface area contributed by atoms with Crippen molar-refractivity contribution < 1.29 is 0 Å². The van der Waals surface area contributed by atoms with Gasteiger partial charge in [-0.25, -0.2) is 4.98 Å². The summed E-state index contributed by atoms with van der Waals surface area (Å²) in [5, 5.41) is 0. The van der Waals surface area contributed by atoms with Gasteiger partial charge < -0.3 is 0 Å². The van der Waals surface area contributed by atoms with Crippen molar-refractivity contribution in [2.75, 3.05) is 0 Å². The molecule has 0 fully saturated rings. The van der Waals surface area contributed by atoms with Crippen LogP contribution >= 0.6 is 22.6 Å². The van der Waals surface area contributed by atoms with Crippen molar-refractivity contribution in [1.29, 1.82) is 0 Å². The van der Waals surface area contributed by atoms with Crippen molar-refractivity contribution in [3.63, 3.8) is 0 Å². The lowest BCUT2D eigenvalue weighted by Gasteiger charge is -2.07. The van der Waals surface area contributed by atoms with Crippen molar-refractivity contribution in [2.45, 2.75) is 4.43 Å². The van der Waals surface area contributed by atoms with Crippen LogP contribution in [-0.2, 0) is 11.5 Å². The highest BCUT2D eigenvalue weighted by Gasteiger charge is 2.05. The quantitative estimate of drug-likeness (QED) is 0.627. The summed E-state index contributed by atoms with van der Waals surface area (Å²) in [6.07, 6.45) is 0. The van der Waals surface area contributed by atoms with Gasteiger partial charge in [0.2, 0.25) is 0 Å². The van der Waals surface area contributed by atoms with Crippen molar-refractivity contribution in [3.8, 4) is 11.3 Å². The van der Waals surface area contributed by atoms with Gasteiger partial charge in [0.25, 0.3) is 5.56 Å². The zero-order chi connectivity index (χ0) is 11.5. The standard InChI is InChI=1S/C12H11IN2O/c1-15-11(8-13)14-10(7-12(15)16)9-5-3-2-4-6-9/h2-7H,8H2,1H3. The van der Waals surface area contributed by atoms with Crippen LogP contribution in [0.15, 0.2) is 41.2 Å². The van der Waals surface area contributed by atoms with Gasteiger partial charge in [0.05, 0.1) is 10.1 Å². The Morgan fingerprint density at radius 1 is 1.31 bits per heavy atom. The van der Waals surface area contributed by atoms with Crippen LogP contribution in [0.1, 0.15) is 5.82 Å². The molecule has 1 aromatic carbocycles. The second-order valence-corrected chi connectivity index (χ2v) is 4.22. The molecule has 0 N–H and O–H groups in total. The zero-order valence-electron chi connectivity index (χ0n) is 8.85. The van der Waals surface area contributed by atoms with Crippen molar-refractivity contribution in [2.24, 2.45) is 7.05 Å². The molecular weight excluding hydrogens is 315 g/mol. The van der Waals surface area contributed by atoms with E-state index in [-0.39, 0.29) is 5.56 Å². The monoisotopic (exact) mass is 326 g/mol. The van der Waals surface area contributed by atoms with Crippen molar-refractivity contribution in [3.05, 3.63) is 52.6 Å². The lowest BCUT2D eigenvalue weighted by atomic mass is 10.1. The van der Waals surface area contributed by atoms with Gasteiger partial charge in [-0.05, 0) is 0 Å². The summed E-state index contributed by atoms with van der Waals surface area (Å²) < 4.78 is 2.31. The number of hydrogen-bond donors (Lipinski definition) is 0. The maximum absolute atomic E-state index is 11.7. The van der Waals surface area contributed by atoms with E-state index in [0.717, 1.165) is 21.5 Å². The van der Waals surface area contributed by atoms with Crippen molar-refractivity contribution >= 4 is 22.6 Å². The predicted molar refractivity (Wildman–Crippen MR) is 72.6 cm³/mol. The normalized spacial score (nSPS) is 10.4. The van der Waals surface area contributed by atoms with Crippen LogP contribution in [0.4, 0.5) is 0 Å². The molecule has 4 heteroatoms. The van der Waals surface area contributed by atoms with Crippen LogP contribution in [0.5, 0.6) is 0 Å².